The molecule has 3 aliphatic rings. The minimum atomic E-state index is 0.123. The summed E-state index contributed by atoms with van der Waals surface area (Å²) in [5.41, 5.74) is 0. The Morgan fingerprint density at radius 2 is 1.68 bits per heavy atom. The van der Waals surface area contributed by atoms with Gasteiger partial charge < -0.3 is 10.2 Å². The smallest absolute Gasteiger partial charge is 0.239 e. The van der Waals surface area contributed by atoms with Crippen LogP contribution in [0.15, 0.2) is 0 Å². The van der Waals surface area contributed by atoms with Gasteiger partial charge in [-0.2, -0.15) is 0 Å². The van der Waals surface area contributed by atoms with Crippen LogP contribution < -0.4 is 5.32 Å². The van der Waals surface area contributed by atoms with E-state index in [1.165, 1.54) is 57.8 Å². The second-order valence-corrected chi connectivity index (χ2v) is 6.64. The van der Waals surface area contributed by atoms with Crippen molar-refractivity contribution in [2.75, 3.05) is 13.1 Å². The fourth-order valence-corrected chi connectivity index (χ4v) is 4.34. The molecule has 1 N–H and O–H groups in total. The van der Waals surface area contributed by atoms with E-state index in [0.717, 1.165) is 25.4 Å². The third kappa shape index (κ3) is 2.96. The van der Waals surface area contributed by atoms with Gasteiger partial charge in [-0.05, 0) is 51.0 Å². The number of hydrogen-bond donors (Lipinski definition) is 1. The topological polar surface area (TPSA) is 32.3 Å². The van der Waals surface area contributed by atoms with Gasteiger partial charge in [-0.15, -0.1) is 0 Å². The molecule has 0 spiro atoms. The van der Waals surface area contributed by atoms with Gasteiger partial charge in [0.2, 0.25) is 5.91 Å². The maximum absolute atomic E-state index is 12.7. The van der Waals surface area contributed by atoms with E-state index < -0.39 is 0 Å². The number of carbonyl (C=O) groups excluding carboxylic acids is 1. The first-order valence-corrected chi connectivity index (χ1v) is 8.40. The van der Waals surface area contributed by atoms with Gasteiger partial charge in [0.25, 0.3) is 0 Å². The van der Waals surface area contributed by atoms with Crippen molar-refractivity contribution in [3.63, 3.8) is 0 Å². The van der Waals surface area contributed by atoms with Crippen molar-refractivity contribution in [3.05, 3.63) is 0 Å². The summed E-state index contributed by atoms with van der Waals surface area (Å²) in [6.45, 7) is 2.04. The van der Waals surface area contributed by atoms with Crippen LogP contribution >= 0.6 is 0 Å². The maximum atomic E-state index is 12.7. The van der Waals surface area contributed by atoms with E-state index in [1.807, 2.05) is 0 Å². The number of rotatable bonds is 2. The zero-order chi connectivity index (χ0) is 13.1. The maximum Gasteiger partial charge on any atom is 0.239 e. The molecule has 0 aromatic heterocycles. The number of hydrogen-bond acceptors (Lipinski definition) is 2. The highest BCUT2D eigenvalue weighted by molar-refractivity contribution is 5.82. The van der Waals surface area contributed by atoms with E-state index in [4.69, 9.17) is 0 Å². The molecule has 19 heavy (non-hydrogen) atoms. The van der Waals surface area contributed by atoms with Crippen molar-refractivity contribution >= 4 is 5.91 Å². The summed E-state index contributed by atoms with van der Waals surface area (Å²) in [7, 11) is 0. The number of nitrogens with one attached hydrogen (secondary N) is 1. The third-order valence-corrected chi connectivity index (χ3v) is 5.38. The highest BCUT2D eigenvalue weighted by Crippen LogP contribution is 2.34. The standard InChI is InChI=1S/C16H28N2O/c19-16(14-9-4-5-11-17-14)18-12-6-10-15(18)13-7-2-1-3-8-13/h13-15,17H,1-12H2. The molecule has 2 unspecified atom stereocenters. The van der Waals surface area contributed by atoms with Gasteiger partial charge in [0.1, 0.15) is 0 Å². The molecule has 3 heteroatoms. The summed E-state index contributed by atoms with van der Waals surface area (Å²) in [5, 5.41) is 3.43. The lowest BCUT2D eigenvalue weighted by Gasteiger charge is -2.36. The molecule has 2 saturated heterocycles. The number of piperidine rings is 1. The fraction of sp³-hybridized carbons (Fsp3) is 0.938. The highest BCUT2D eigenvalue weighted by Gasteiger charge is 2.37. The third-order valence-electron chi connectivity index (χ3n) is 5.38. The van der Waals surface area contributed by atoms with Crippen LogP contribution in [0.25, 0.3) is 0 Å². The Bertz CT molecular complexity index is 306. The lowest BCUT2D eigenvalue weighted by Crippen LogP contribution is -2.51. The SMILES string of the molecule is O=C(C1CCCCN1)N1CCCC1C1CCCCC1. The Morgan fingerprint density at radius 3 is 2.42 bits per heavy atom. The highest BCUT2D eigenvalue weighted by atomic mass is 16.2. The summed E-state index contributed by atoms with van der Waals surface area (Å²) >= 11 is 0. The van der Waals surface area contributed by atoms with Crippen molar-refractivity contribution in [1.82, 2.24) is 10.2 Å². The zero-order valence-corrected chi connectivity index (χ0v) is 12.1. The molecule has 2 atom stereocenters. The Morgan fingerprint density at radius 1 is 0.895 bits per heavy atom. The van der Waals surface area contributed by atoms with Crippen LogP contribution in [0, 0.1) is 5.92 Å². The van der Waals surface area contributed by atoms with E-state index in [-0.39, 0.29) is 6.04 Å². The van der Waals surface area contributed by atoms with Crippen LogP contribution in [0.2, 0.25) is 0 Å². The molecule has 0 bridgehead atoms. The van der Waals surface area contributed by atoms with E-state index in [2.05, 4.69) is 10.2 Å². The van der Waals surface area contributed by atoms with Gasteiger partial charge in [0, 0.05) is 12.6 Å². The molecule has 108 valence electrons. The molecule has 1 aliphatic carbocycles. The van der Waals surface area contributed by atoms with E-state index >= 15 is 0 Å². The molecule has 0 aromatic carbocycles. The molecule has 3 rings (SSSR count). The van der Waals surface area contributed by atoms with Crippen LogP contribution in [-0.4, -0.2) is 36.0 Å². The molecule has 2 aliphatic heterocycles. The first kappa shape index (κ1) is 13.4. The first-order chi connectivity index (χ1) is 9.36. The molecular formula is C16H28N2O. The van der Waals surface area contributed by atoms with Gasteiger partial charge in [-0.25, -0.2) is 0 Å². The summed E-state index contributed by atoms with van der Waals surface area (Å²) in [4.78, 5) is 15.0. The number of carbonyl (C=O) groups is 1. The Balaban J connectivity index is 1.62. The number of likely N-dealkylation sites (tertiary alicyclic amines) is 1. The summed E-state index contributed by atoms with van der Waals surface area (Å²) in [6, 6.07) is 0.689. The molecular weight excluding hydrogens is 236 g/mol. The Hall–Kier alpha value is -0.570. The normalized spacial score (nSPS) is 33.6. The molecule has 3 nitrogen and oxygen atoms in total. The monoisotopic (exact) mass is 264 g/mol. The quantitative estimate of drug-likeness (QED) is 0.831. The lowest BCUT2D eigenvalue weighted by molar-refractivity contribution is -0.136. The molecule has 1 amide bonds. The zero-order valence-electron chi connectivity index (χ0n) is 12.1. The van der Waals surface area contributed by atoms with Crippen LogP contribution in [0.5, 0.6) is 0 Å². The first-order valence-electron chi connectivity index (χ1n) is 8.40. The van der Waals surface area contributed by atoms with Gasteiger partial charge in [-0.1, -0.05) is 25.7 Å². The minimum Gasteiger partial charge on any atom is -0.338 e. The molecule has 2 heterocycles. The predicted octanol–water partition coefficient (Wildman–Crippen LogP) is 2.70. The summed E-state index contributed by atoms with van der Waals surface area (Å²) in [5.74, 6) is 1.21. The van der Waals surface area contributed by atoms with Crippen molar-refractivity contribution < 1.29 is 4.79 Å². The van der Waals surface area contributed by atoms with Crippen LogP contribution in [0.3, 0.4) is 0 Å². The Labute approximate surface area is 117 Å². The predicted molar refractivity (Wildman–Crippen MR) is 77.0 cm³/mol. The molecule has 0 radical (unpaired) electrons. The average Bonchev–Trinajstić information content (AvgIpc) is 2.98. The van der Waals surface area contributed by atoms with Crippen LogP contribution in [0.4, 0.5) is 0 Å². The van der Waals surface area contributed by atoms with E-state index in [1.54, 1.807) is 0 Å². The average molecular weight is 264 g/mol. The molecule has 1 saturated carbocycles. The lowest BCUT2D eigenvalue weighted by atomic mass is 9.82. The Kier molecular flexibility index (Phi) is 4.42. The number of amides is 1. The molecule has 3 fully saturated rings. The molecule has 0 aromatic rings. The van der Waals surface area contributed by atoms with Crippen molar-refractivity contribution in [2.45, 2.75) is 76.3 Å². The largest absolute Gasteiger partial charge is 0.338 e. The van der Waals surface area contributed by atoms with Crippen molar-refractivity contribution in [3.8, 4) is 0 Å². The minimum absolute atomic E-state index is 0.123. The summed E-state index contributed by atoms with van der Waals surface area (Å²) in [6.07, 6.45) is 12.8. The van der Waals surface area contributed by atoms with Gasteiger partial charge in [-0.3, -0.25) is 4.79 Å². The van der Waals surface area contributed by atoms with E-state index in [0.29, 0.717) is 11.9 Å². The van der Waals surface area contributed by atoms with Crippen molar-refractivity contribution in [1.29, 1.82) is 0 Å². The second kappa shape index (κ2) is 6.25. The van der Waals surface area contributed by atoms with Crippen LogP contribution in [0.1, 0.15) is 64.2 Å². The van der Waals surface area contributed by atoms with Gasteiger partial charge in [0.05, 0.1) is 6.04 Å². The fourth-order valence-electron chi connectivity index (χ4n) is 4.34. The van der Waals surface area contributed by atoms with Crippen LogP contribution in [-0.2, 0) is 4.79 Å². The van der Waals surface area contributed by atoms with Crippen molar-refractivity contribution in [2.24, 2.45) is 5.92 Å². The number of nitrogens with zero attached hydrogens (tertiary/aromatic N) is 1. The second-order valence-electron chi connectivity index (χ2n) is 6.64. The van der Waals surface area contributed by atoms with Gasteiger partial charge in [0.15, 0.2) is 0 Å². The van der Waals surface area contributed by atoms with E-state index in [9.17, 15) is 4.79 Å². The summed E-state index contributed by atoms with van der Waals surface area (Å²) < 4.78 is 0. The van der Waals surface area contributed by atoms with Gasteiger partial charge >= 0.3 is 0 Å².